The minimum atomic E-state index is -1.20. The highest BCUT2D eigenvalue weighted by atomic mass is 127. The molecule has 3 rings (SSSR count). The number of hydrogen-bond acceptors (Lipinski definition) is 2. The van der Waals surface area contributed by atoms with E-state index in [0.29, 0.717) is 12.2 Å². The minimum absolute atomic E-state index is 0. The Kier molecular flexibility index (Phi) is 7.86. The van der Waals surface area contributed by atoms with Gasteiger partial charge in [0.25, 0.3) is 0 Å². The summed E-state index contributed by atoms with van der Waals surface area (Å²) in [7, 11) is 0.772. The third kappa shape index (κ3) is 5.67. The number of nitrogens with zero attached hydrogens (tertiary/aromatic N) is 1. The molecule has 0 aliphatic heterocycles. The fraction of sp³-hybridized carbons (Fsp3) is 0.333. The third-order valence-electron chi connectivity index (χ3n) is 4.67. The first-order chi connectivity index (χ1) is 12.7. The zero-order valence-electron chi connectivity index (χ0n) is 16.7. The van der Waals surface area contributed by atoms with E-state index in [1.807, 2.05) is 42.2 Å². The van der Waals surface area contributed by atoms with Crippen molar-refractivity contribution in [3.05, 3.63) is 64.0 Å². The Morgan fingerprint density at radius 3 is 2.64 bits per heavy atom. The van der Waals surface area contributed by atoms with Gasteiger partial charge in [-0.1, -0.05) is 41.6 Å². The monoisotopic (exact) mass is 572 g/mol. The van der Waals surface area contributed by atoms with E-state index in [0.717, 1.165) is 28.1 Å². The minimum Gasteiger partial charge on any atom is -1.00 e. The molecule has 0 bridgehead atoms. The summed E-state index contributed by atoms with van der Waals surface area (Å²) in [5, 5.41) is 1.20. The Morgan fingerprint density at radius 2 is 1.96 bits per heavy atom. The molecule has 4 nitrogen and oxygen atoms in total. The molecule has 0 atom stereocenters. The van der Waals surface area contributed by atoms with Gasteiger partial charge < -0.3 is 33.7 Å². The summed E-state index contributed by atoms with van der Waals surface area (Å²) in [6.07, 6.45) is 4.69. The highest BCUT2D eigenvalue weighted by Gasteiger charge is 2.18. The lowest BCUT2D eigenvalue weighted by Gasteiger charge is -2.15. The van der Waals surface area contributed by atoms with Crippen molar-refractivity contribution < 1.29 is 38.1 Å². The molecule has 3 aromatic rings. The largest absolute Gasteiger partial charge is 1.00 e. The average Bonchev–Trinajstić information content (AvgIpc) is 3.00. The van der Waals surface area contributed by atoms with Gasteiger partial charge in [-0.25, -0.2) is 9.36 Å². The second-order valence-corrected chi connectivity index (χ2v) is 14.6. The van der Waals surface area contributed by atoms with Gasteiger partial charge >= 0.3 is 5.97 Å². The van der Waals surface area contributed by atoms with Gasteiger partial charge in [-0.3, -0.25) is 0 Å². The van der Waals surface area contributed by atoms with Crippen LogP contribution in [0, 0.1) is 0 Å². The number of esters is 1. The number of aryl methyl sites for hydroxylation is 1. The standard InChI is InChI=1S/C21H26BrN2O2Si.HI/c1-24-14-15(21(25)26-10-11-27(2,3)4)8-9-17(24)12-16-13-23-19-7-5-6-18(22)20(16)19;/h5-9,13-14,23H,10-12H2,1-4H3;1H/q+1;/p-1. The Bertz CT molecular complexity index is 982. The molecule has 0 spiro atoms. The van der Waals surface area contributed by atoms with Crippen LogP contribution in [0.3, 0.4) is 0 Å². The maximum atomic E-state index is 12.3. The zero-order valence-corrected chi connectivity index (χ0v) is 21.4. The van der Waals surface area contributed by atoms with Crippen molar-refractivity contribution >= 4 is 40.9 Å². The van der Waals surface area contributed by atoms with E-state index in [2.05, 4.69) is 52.7 Å². The molecule has 28 heavy (non-hydrogen) atoms. The van der Waals surface area contributed by atoms with E-state index in [1.54, 1.807) is 0 Å². The molecule has 0 unspecified atom stereocenters. The topological polar surface area (TPSA) is 46.0 Å². The molecule has 0 amide bonds. The van der Waals surface area contributed by atoms with Gasteiger partial charge in [-0.15, -0.1) is 0 Å². The molecule has 150 valence electrons. The molecule has 0 radical (unpaired) electrons. The molecule has 0 aliphatic rings. The molecule has 2 heterocycles. The summed E-state index contributed by atoms with van der Waals surface area (Å²) >= 11 is 3.64. The first-order valence-electron chi connectivity index (χ1n) is 9.15. The number of nitrogens with one attached hydrogen (secondary N) is 1. The van der Waals surface area contributed by atoms with Gasteiger partial charge in [-0.2, -0.15) is 0 Å². The lowest BCUT2D eigenvalue weighted by Crippen LogP contribution is -3.00. The SMILES string of the molecule is C[n+]1cc(C(=O)OCC[Si](C)(C)C)ccc1Cc1c[nH]c2cccc(Br)c12.[I-]. The van der Waals surface area contributed by atoms with Crippen molar-refractivity contribution in [3.63, 3.8) is 0 Å². The molecular formula is C21H26BrIN2O2Si. The summed E-state index contributed by atoms with van der Waals surface area (Å²) in [4.78, 5) is 15.6. The number of aromatic amines is 1. The van der Waals surface area contributed by atoms with E-state index in [-0.39, 0.29) is 29.9 Å². The van der Waals surface area contributed by atoms with Crippen LogP contribution in [0.2, 0.25) is 25.7 Å². The van der Waals surface area contributed by atoms with Crippen molar-refractivity contribution in [1.29, 1.82) is 0 Å². The van der Waals surface area contributed by atoms with Crippen LogP contribution in [0.1, 0.15) is 21.6 Å². The summed E-state index contributed by atoms with van der Waals surface area (Å²) < 4.78 is 8.54. The molecule has 2 aromatic heterocycles. The summed E-state index contributed by atoms with van der Waals surface area (Å²) in [5.41, 5.74) is 4.06. The lowest BCUT2D eigenvalue weighted by molar-refractivity contribution is -0.678. The number of fused-ring (bicyclic) bond motifs is 1. The van der Waals surface area contributed by atoms with Gasteiger partial charge in [0.1, 0.15) is 12.6 Å². The van der Waals surface area contributed by atoms with Crippen molar-refractivity contribution in [2.45, 2.75) is 32.1 Å². The van der Waals surface area contributed by atoms with Gasteiger partial charge in [-0.05, 0) is 29.8 Å². The summed E-state index contributed by atoms with van der Waals surface area (Å²) in [5.74, 6) is -0.245. The predicted octanol–water partition coefficient (Wildman–Crippen LogP) is 1.84. The first-order valence-corrected chi connectivity index (χ1v) is 13.6. The van der Waals surface area contributed by atoms with Crippen LogP contribution in [-0.2, 0) is 18.2 Å². The second-order valence-electron chi connectivity index (χ2n) is 8.12. The fourth-order valence-electron chi connectivity index (χ4n) is 3.02. The third-order valence-corrected chi connectivity index (χ3v) is 7.04. The quantitative estimate of drug-likeness (QED) is 0.212. The van der Waals surface area contributed by atoms with Crippen LogP contribution in [0.15, 0.2) is 47.2 Å². The molecule has 0 aliphatic carbocycles. The molecule has 1 N–H and O–H groups in total. The van der Waals surface area contributed by atoms with Crippen molar-refractivity contribution in [3.8, 4) is 0 Å². The lowest BCUT2D eigenvalue weighted by atomic mass is 10.1. The van der Waals surface area contributed by atoms with Crippen LogP contribution in [0.4, 0.5) is 0 Å². The number of carbonyl (C=O) groups excluding carboxylic acids is 1. The summed E-state index contributed by atoms with van der Waals surface area (Å²) in [6.45, 7) is 7.33. The second kappa shape index (κ2) is 9.54. The van der Waals surface area contributed by atoms with Gasteiger partial charge in [0.15, 0.2) is 11.9 Å². The molecule has 0 fully saturated rings. The van der Waals surface area contributed by atoms with E-state index in [1.165, 1.54) is 10.9 Å². The van der Waals surface area contributed by atoms with E-state index >= 15 is 0 Å². The van der Waals surface area contributed by atoms with Crippen LogP contribution in [0.5, 0.6) is 0 Å². The number of ether oxygens (including phenoxy) is 1. The van der Waals surface area contributed by atoms with E-state index in [4.69, 9.17) is 4.74 Å². The summed E-state index contributed by atoms with van der Waals surface area (Å²) in [6, 6.07) is 11.0. The van der Waals surface area contributed by atoms with Crippen LogP contribution >= 0.6 is 15.9 Å². The predicted molar refractivity (Wildman–Crippen MR) is 115 cm³/mol. The molecule has 0 saturated heterocycles. The number of H-pyrrole nitrogens is 1. The van der Waals surface area contributed by atoms with Crippen molar-refractivity contribution in [2.75, 3.05) is 6.61 Å². The number of pyridine rings is 1. The van der Waals surface area contributed by atoms with Crippen LogP contribution in [0.25, 0.3) is 10.9 Å². The number of hydrogen-bond donors (Lipinski definition) is 1. The Hall–Kier alpha value is -1.19. The number of halogens is 2. The Balaban J connectivity index is 0.00000280. The maximum Gasteiger partial charge on any atom is 0.344 e. The molecule has 0 saturated carbocycles. The first kappa shape index (κ1) is 23.1. The van der Waals surface area contributed by atoms with Crippen molar-refractivity contribution in [2.24, 2.45) is 7.05 Å². The normalized spacial score (nSPS) is 11.3. The Labute approximate surface area is 192 Å². The highest BCUT2D eigenvalue weighted by molar-refractivity contribution is 9.10. The smallest absolute Gasteiger partial charge is 0.344 e. The zero-order chi connectivity index (χ0) is 19.6. The number of benzene rings is 1. The number of rotatable bonds is 6. The maximum absolute atomic E-state index is 12.3. The van der Waals surface area contributed by atoms with Gasteiger partial charge in [0.05, 0.1) is 13.0 Å². The van der Waals surface area contributed by atoms with Gasteiger partial charge in [0, 0.05) is 35.7 Å². The van der Waals surface area contributed by atoms with Crippen LogP contribution < -0.4 is 28.5 Å². The van der Waals surface area contributed by atoms with Gasteiger partial charge in [0.2, 0.25) is 0 Å². The van der Waals surface area contributed by atoms with E-state index < -0.39 is 8.07 Å². The number of aromatic nitrogens is 2. The highest BCUT2D eigenvalue weighted by Crippen LogP contribution is 2.28. The molecular weight excluding hydrogens is 547 g/mol. The molecule has 7 heteroatoms. The van der Waals surface area contributed by atoms with E-state index in [9.17, 15) is 4.79 Å². The average molecular weight is 573 g/mol. The Morgan fingerprint density at radius 1 is 1.21 bits per heavy atom. The molecule has 1 aromatic carbocycles. The van der Waals surface area contributed by atoms with Crippen LogP contribution in [-0.4, -0.2) is 25.6 Å². The number of carbonyl (C=O) groups is 1. The fourth-order valence-corrected chi connectivity index (χ4v) is 4.35. The van der Waals surface area contributed by atoms with Crippen molar-refractivity contribution in [1.82, 2.24) is 4.98 Å².